The molecule has 2 fully saturated rings. The summed E-state index contributed by atoms with van der Waals surface area (Å²) in [4.78, 5) is 27.2. The van der Waals surface area contributed by atoms with Crippen LogP contribution in [-0.2, 0) is 17.8 Å². The molecular formula is C24H32N6O2. The highest BCUT2D eigenvalue weighted by Crippen LogP contribution is 2.27. The highest BCUT2D eigenvalue weighted by Gasteiger charge is 2.37. The molecule has 2 saturated heterocycles. The fraction of sp³-hybridized carbons (Fsp3) is 0.542. The van der Waals surface area contributed by atoms with E-state index >= 15 is 0 Å². The predicted octanol–water partition coefficient (Wildman–Crippen LogP) is 1.51. The van der Waals surface area contributed by atoms with Gasteiger partial charge in [0, 0.05) is 58.4 Å². The van der Waals surface area contributed by atoms with Crippen LogP contribution in [0.25, 0.3) is 0 Å². The van der Waals surface area contributed by atoms with Gasteiger partial charge in [0.05, 0.1) is 12.1 Å². The number of carbonyl (C=O) groups excluding carboxylic acids is 1. The molecule has 2 atom stereocenters. The molecule has 2 aromatic rings. The topological polar surface area (TPSA) is 84.8 Å². The molecule has 3 aliphatic heterocycles. The number of aromatic nitrogens is 2. The number of likely N-dealkylation sites (tertiary alicyclic amines) is 1. The number of anilines is 2. The normalized spacial score (nSPS) is 24.4. The van der Waals surface area contributed by atoms with E-state index in [2.05, 4.69) is 44.4 Å². The number of piperidine rings is 1. The van der Waals surface area contributed by atoms with E-state index in [0.717, 1.165) is 57.8 Å². The Balaban J connectivity index is 1.21. The molecule has 3 aliphatic rings. The summed E-state index contributed by atoms with van der Waals surface area (Å²) in [5, 5.41) is 14.3. The first kappa shape index (κ1) is 21.2. The number of fused-ring (bicyclic) bond motifs is 1. The molecule has 0 spiro atoms. The first-order chi connectivity index (χ1) is 15.6. The number of rotatable bonds is 4. The average molecular weight is 437 g/mol. The predicted molar refractivity (Wildman–Crippen MR) is 123 cm³/mol. The molecule has 170 valence electrons. The smallest absolute Gasteiger partial charge is 0.227 e. The Labute approximate surface area is 189 Å². The first-order valence-electron chi connectivity index (χ1n) is 11.7. The van der Waals surface area contributed by atoms with Gasteiger partial charge in [-0.05, 0) is 36.5 Å². The van der Waals surface area contributed by atoms with Crippen molar-refractivity contribution in [3.05, 3.63) is 47.7 Å². The van der Waals surface area contributed by atoms with E-state index in [1.165, 1.54) is 11.1 Å². The zero-order chi connectivity index (χ0) is 22.1. The number of carbonyl (C=O) groups is 1. The lowest BCUT2D eigenvalue weighted by Gasteiger charge is -2.34. The third-order valence-electron chi connectivity index (χ3n) is 7.11. The number of benzene rings is 1. The van der Waals surface area contributed by atoms with Gasteiger partial charge in [-0.3, -0.25) is 9.69 Å². The van der Waals surface area contributed by atoms with Gasteiger partial charge in [0.1, 0.15) is 5.82 Å². The molecule has 5 rings (SSSR count). The Kier molecular flexibility index (Phi) is 5.97. The molecule has 8 heteroatoms. The van der Waals surface area contributed by atoms with E-state index in [9.17, 15) is 9.90 Å². The third-order valence-corrected chi connectivity index (χ3v) is 7.11. The van der Waals surface area contributed by atoms with Gasteiger partial charge in [0.15, 0.2) is 0 Å². The van der Waals surface area contributed by atoms with Crippen LogP contribution >= 0.6 is 0 Å². The minimum atomic E-state index is -0.420. The van der Waals surface area contributed by atoms with Crippen LogP contribution in [0.1, 0.15) is 30.9 Å². The molecule has 4 heterocycles. The van der Waals surface area contributed by atoms with Gasteiger partial charge >= 0.3 is 0 Å². The van der Waals surface area contributed by atoms with Crippen molar-refractivity contribution in [1.29, 1.82) is 0 Å². The van der Waals surface area contributed by atoms with Crippen molar-refractivity contribution in [2.45, 2.75) is 50.9 Å². The highest BCUT2D eigenvalue weighted by molar-refractivity contribution is 5.73. The molecule has 2 unspecified atom stereocenters. The summed E-state index contributed by atoms with van der Waals surface area (Å²) in [5.41, 5.74) is 2.78. The maximum absolute atomic E-state index is 11.5. The summed E-state index contributed by atoms with van der Waals surface area (Å²) in [6, 6.07) is 10.9. The van der Waals surface area contributed by atoms with E-state index in [4.69, 9.17) is 4.98 Å². The van der Waals surface area contributed by atoms with Gasteiger partial charge in [-0.1, -0.05) is 24.3 Å². The van der Waals surface area contributed by atoms with Crippen LogP contribution in [0.5, 0.6) is 0 Å². The van der Waals surface area contributed by atoms with Crippen molar-refractivity contribution < 1.29 is 9.90 Å². The second-order valence-electron chi connectivity index (χ2n) is 9.20. The molecule has 0 radical (unpaired) electrons. The van der Waals surface area contributed by atoms with Crippen molar-refractivity contribution in [2.75, 3.05) is 42.9 Å². The summed E-state index contributed by atoms with van der Waals surface area (Å²) in [6.07, 6.45) is 4.22. The van der Waals surface area contributed by atoms with E-state index in [-0.39, 0.29) is 11.9 Å². The monoisotopic (exact) mass is 436 g/mol. The summed E-state index contributed by atoms with van der Waals surface area (Å²) < 4.78 is 0. The van der Waals surface area contributed by atoms with Crippen LogP contribution in [0.4, 0.5) is 11.8 Å². The van der Waals surface area contributed by atoms with Gasteiger partial charge in [-0.2, -0.15) is 4.98 Å². The molecule has 0 bridgehead atoms. The summed E-state index contributed by atoms with van der Waals surface area (Å²) in [5.74, 6) is 1.61. The molecule has 2 N–H and O–H groups in total. The number of nitrogens with one attached hydrogen (secondary N) is 1. The number of hydrogen-bond acceptors (Lipinski definition) is 7. The van der Waals surface area contributed by atoms with Crippen molar-refractivity contribution in [3.63, 3.8) is 0 Å². The number of aliphatic hydroxyl groups is 1. The minimum absolute atomic E-state index is 0.0829. The second-order valence-corrected chi connectivity index (χ2v) is 9.20. The Morgan fingerprint density at radius 3 is 2.66 bits per heavy atom. The zero-order valence-corrected chi connectivity index (χ0v) is 18.7. The van der Waals surface area contributed by atoms with E-state index < -0.39 is 6.10 Å². The molecular weight excluding hydrogens is 404 g/mol. The zero-order valence-electron chi connectivity index (χ0n) is 18.7. The summed E-state index contributed by atoms with van der Waals surface area (Å²) >= 11 is 0. The van der Waals surface area contributed by atoms with Gasteiger partial charge in [0.25, 0.3) is 0 Å². The van der Waals surface area contributed by atoms with Crippen LogP contribution in [0.2, 0.25) is 0 Å². The number of nitrogens with zero attached hydrogens (tertiary/aromatic N) is 5. The average Bonchev–Trinajstić information content (AvgIpc) is 3.21. The lowest BCUT2D eigenvalue weighted by atomic mass is 9.98. The Morgan fingerprint density at radius 2 is 1.88 bits per heavy atom. The van der Waals surface area contributed by atoms with E-state index in [1.54, 1.807) is 13.1 Å². The lowest BCUT2D eigenvalue weighted by Crippen LogP contribution is -2.45. The largest absolute Gasteiger partial charge is 0.390 e. The van der Waals surface area contributed by atoms with Crippen LogP contribution in [0, 0.1) is 0 Å². The SMILES string of the molecule is CC(=O)N1CCC(Nc2ccnc(N3CC(O)C(N4CCc5ccccc5C4)C3)n2)CC1. The highest BCUT2D eigenvalue weighted by atomic mass is 16.3. The molecule has 1 aromatic carbocycles. The minimum Gasteiger partial charge on any atom is -0.390 e. The Morgan fingerprint density at radius 1 is 1.09 bits per heavy atom. The van der Waals surface area contributed by atoms with Crippen LogP contribution in [-0.4, -0.2) is 81.7 Å². The van der Waals surface area contributed by atoms with Crippen molar-refractivity contribution in [3.8, 4) is 0 Å². The fourth-order valence-electron chi connectivity index (χ4n) is 5.22. The number of β-amino-alcohol motifs (C(OH)–C–C–N with tert-alkyl or cyclic N) is 1. The van der Waals surface area contributed by atoms with Gasteiger partial charge in [-0.15, -0.1) is 0 Å². The maximum Gasteiger partial charge on any atom is 0.227 e. The number of amides is 1. The summed E-state index contributed by atoms with van der Waals surface area (Å²) in [6.45, 7) is 6.31. The van der Waals surface area contributed by atoms with Crippen LogP contribution in [0.15, 0.2) is 36.5 Å². The summed E-state index contributed by atoms with van der Waals surface area (Å²) in [7, 11) is 0. The molecule has 1 amide bonds. The molecule has 32 heavy (non-hydrogen) atoms. The fourth-order valence-corrected chi connectivity index (χ4v) is 5.22. The third kappa shape index (κ3) is 4.42. The second kappa shape index (κ2) is 9.03. The molecule has 0 aliphatic carbocycles. The van der Waals surface area contributed by atoms with Crippen molar-refractivity contribution >= 4 is 17.7 Å². The standard InChI is InChI=1S/C24H32N6O2/c1-17(31)28-12-8-20(9-13-28)26-23-6-10-25-24(27-23)30-15-21(22(32)16-30)29-11-7-18-4-2-3-5-19(18)14-29/h2-6,10,20-22,32H,7-9,11-16H2,1H3,(H,25,26,27). The van der Waals surface area contributed by atoms with Gasteiger partial charge in [-0.25, -0.2) is 4.98 Å². The van der Waals surface area contributed by atoms with Gasteiger partial charge in [0.2, 0.25) is 11.9 Å². The van der Waals surface area contributed by atoms with Crippen LogP contribution in [0.3, 0.4) is 0 Å². The van der Waals surface area contributed by atoms with Crippen LogP contribution < -0.4 is 10.2 Å². The van der Waals surface area contributed by atoms with Crippen molar-refractivity contribution in [1.82, 2.24) is 19.8 Å². The van der Waals surface area contributed by atoms with E-state index in [0.29, 0.717) is 18.5 Å². The molecule has 1 aromatic heterocycles. The number of aliphatic hydroxyl groups excluding tert-OH is 1. The number of hydrogen-bond donors (Lipinski definition) is 2. The lowest BCUT2D eigenvalue weighted by molar-refractivity contribution is -0.129. The first-order valence-corrected chi connectivity index (χ1v) is 11.7. The van der Waals surface area contributed by atoms with Gasteiger partial charge < -0.3 is 20.2 Å². The Bertz CT molecular complexity index is 961. The molecule has 8 nitrogen and oxygen atoms in total. The van der Waals surface area contributed by atoms with E-state index in [1.807, 2.05) is 11.0 Å². The van der Waals surface area contributed by atoms with Crippen molar-refractivity contribution in [2.24, 2.45) is 0 Å². The maximum atomic E-state index is 11.5. The molecule has 0 saturated carbocycles. The quantitative estimate of drug-likeness (QED) is 0.752. The Hall–Kier alpha value is -2.71.